The number of carbonyl (C=O) groups excluding carboxylic acids is 1. The molecule has 1 aromatic carbocycles. The van der Waals surface area contributed by atoms with Crippen LogP contribution in [0.15, 0.2) is 18.2 Å². The fourth-order valence-corrected chi connectivity index (χ4v) is 4.19. The molecule has 2 fully saturated rings. The van der Waals surface area contributed by atoms with Gasteiger partial charge in [0.05, 0.1) is 10.7 Å². The van der Waals surface area contributed by atoms with Gasteiger partial charge in [0.2, 0.25) is 0 Å². The average molecular weight is 423 g/mol. The Morgan fingerprint density at radius 1 is 1.38 bits per heavy atom. The lowest BCUT2D eigenvalue weighted by molar-refractivity contribution is 0.0779. The van der Waals surface area contributed by atoms with Crippen molar-refractivity contribution in [3.63, 3.8) is 0 Å². The number of carbonyl (C=O) groups is 1. The topological polar surface area (TPSA) is 55.6 Å². The van der Waals surface area contributed by atoms with Crippen LogP contribution < -0.4 is 10.5 Å². The van der Waals surface area contributed by atoms with E-state index in [2.05, 4.69) is 22.6 Å². The molecule has 1 heterocycles. The molecule has 2 aliphatic rings. The van der Waals surface area contributed by atoms with Gasteiger partial charge in [-0.15, -0.1) is 12.4 Å². The van der Waals surface area contributed by atoms with Crippen LogP contribution in [0.2, 0.25) is 0 Å². The maximum Gasteiger partial charge on any atom is 0.253 e. The van der Waals surface area contributed by atoms with Gasteiger partial charge < -0.3 is 15.4 Å². The molecule has 0 spiro atoms. The summed E-state index contributed by atoms with van der Waals surface area (Å²) in [5.74, 6) is 2.03. The largest absolute Gasteiger partial charge is 0.496 e. The van der Waals surface area contributed by atoms with Gasteiger partial charge in [-0.2, -0.15) is 0 Å². The Kier molecular flexibility index (Phi) is 5.38. The van der Waals surface area contributed by atoms with Crippen LogP contribution in [0.5, 0.6) is 5.75 Å². The summed E-state index contributed by atoms with van der Waals surface area (Å²) in [6, 6.07) is 5.87. The highest BCUT2D eigenvalue weighted by Gasteiger charge is 2.42. The van der Waals surface area contributed by atoms with Crippen molar-refractivity contribution in [2.45, 2.75) is 18.9 Å². The van der Waals surface area contributed by atoms with Crippen LogP contribution in [0.25, 0.3) is 0 Å². The summed E-state index contributed by atoms with van der Waals surface area (Å²) < 4.78 is 6.20. The number of likely N-dealkylation sites (tertiary alicyclic amines) is 1. The summed E-state index contributed by atoms with van der Waals surface area (Å²) in [5, 5.41) is 0. The Hall–Kier alpha value is -0.530. The van der Waals surface area contributed by atoms with Crippen LogP contribution >= 0.6 is 35.0 Å². The van der Waals surface area contributed by atoms with Crippen molar-refractivity contribution < 1.29 is 9.53 Å². The van der Waals surface area contributed by atoms with Crippen molar-refractivity contribution in [3.05, 3.63) is 27.3 Å². The lowest BCUT2D eigenvalue weighted by Crippen LogP contribution is -2.33. The predicted octanol–water partition coefficient (Wildman–Crippen LogP) is 2.53. The number of amides is 1. The third-order valence-corrected chi connectivity index (χ3v) is 5.44. The maximum atomic E-state index is 12.6. The summed E-state index contributed by atoms with van der Waals surface area (Å²) in [6.45, 7) is 1.67. The second-order valence-corrected chi connectivity index (χ2v) is 6.89. The molecule has 21 heavy (non-hydrogen) atoms. The molecule has 3 atom stereocenters. The lowest BCUT2D eigenvalue weighted by atomic mass is 9.98. The molecule has 1 amide bonds. The van der Waals surface area contributed by atoms with E-state index < -0.39 is 0 Å². The molecular weight excluding hydrogens is 403 g/mol. The number of ether oxygens (including phenoxy) is 1. The Morgan fingerprint density at radius 3 is 2.76 bits per heavy atom. The molecule has 0 aromatic heterocycles. The van der Waals surface area contributed by atoms with Crippen LogP contribution in [0.3, 0.4) is 0 Å². The molecule has 0 bridgehead atoms. The quantitative estimate of drug-likeness (QED) is 0.745. The molecule has 4 nitrogen and oxygen atoms in total. The highest BCUT2D eigenvalue weighted by atomic mass is 127. The number of nitrogens with zero attached hydrogens (tertiary/aromatic N) is 1. The SMILES string of the molecule is COc1ccc(C(=O)N2CC3CCC(N)C3C2)cc1I.Cl. The fraction of sp³-hybridized carbons (Fsp3) is 0.533. The van der Waals surface area contributed by atoms with Crippen LogP contribution in [-0.4, -0.2) is 37.0 Å². The number of benzene rings is 1. The minimum atomic E-state index is 0. The molecule has 1 aromatic rings. The number of nitrogens with two attached hydrogens (primary N) is 1. The van der Waals surface area contributed by atoms with Gasteiger partial charge >= 0.3 is 0 Å². The number of fused-ring (bicyclic) bond motifs is 1. The number of hydrogen-bond donors (Lipinski definition) is 1. The predicted molar refractivity (Wildman–Crippen MR) is 93.1 cm³/mol. The molecule has 2 N–H and O–H groups in total. The zero-order valence-corrected chi connectivity index (χ0v) is 14.9. The molecule has 0 radical (unpaired) electrons. The first-order valence-electron chi connectivity index (χ1n) is 6.98. The summed E-state index contributed by atoms with van der Waals surface area (Å²) in [5.41, 5.74) is 6.87. The molecule has 1 saturated carbocycles. The van der Waals surface area contributed by atoms with E-state index in [1.807, 2.05) is 23.1 Å². The maximum absolute atomic E-state index is 12.6. The first-order valence-corrected chi connectivity index (χ1v) is 8.06. The van der Waals surface area contributed by atoms with Gasteiger partial charge in [-0.1, -0.05) is 0 Å². The highest BCUT2D eigenvalue weighted by molar-refractivity contribution is 14.1. The first kappa shape index (κ1) is 16.8. The Bertz CT molecular complexity index is 540. The van der Waals surface area contributed by atoms with E-state index in [9.17, 15) is 4.79 Å². The van der Waals surface area contributed by atoms with Crippen molar-refractivity contribution in [1.82, 2.24) is 4.90 Å². The van der Waals surface area contributed by atoms with E-state index in [1.54, 1.807) is 7.11 Å². The van der Waals surface area contributed by atoms with E-state index in [1.165, 1.54) is 0 Å². The minimum absolute atomic E-state index is 0. The normalized spacial score (nSPS) is 27.2. The second kappa shape index (κ2) is 6.71. The Morgan fingerprint density at radius 2 is 2.14 bits per heavy atom. The number of rotatable bonds is 2. The summed E-state index contributed by atoms with van der Waals surface area (Å²) in [4.78, 5) is 14.5. The molecular formula is C15H20ClIN2O2. The Labute approximate surface area is 144 Å². The summed E-state index contributed by atoms with van der Waals surface area (Å²) in [6.07, 6.45) is 2.27. The monoisotopic (exact) mass is 422 g/mol. The average Bonchev–Trinajstić information content (AvgIpc) is 3.00. The minimum Gasteiger partial charge on any atom is -0.496 e. The van der Waals surface area contributed by atoms with Crippen LogP contribution in [0, 0.1) is 15.4 Å². The van der Waals surface area contributed by atoms with Crippen LogP contribution in [-0.2, 0) is 0 Å². The number of hydrogen-bond acceptors (Lipinski definition) is 3. The van der Waals surface area contributed by atoms with Gasteiger partial charge in [-0.05, 0) is 65.5 Å². The van der Waals surface area contributed by atoms with Gasteiger partial charge in [0.15, 0.2) is 0 Å². The number of methoxy groups -OCH3 is 1. The van der Waals surface area contributed by atoms with Crippen molar-refractivity contribution in [1.29, 1.82) is 0 Å². The zero-order chi connectivity index (χ0) is 14.3. The van der Waals surface area contributed by atoms with Gasteiger partial charge in [-0.25, -0.2) is 0 Å². The smallest absolute Gasteiger partial charge is 0.253 e. The van der Waals surface area contributed by atoms with E-state index in [0.29, 0.717) is 11.8 Å². The van der Waals surface area contributed by atoms with Gasteiger partial charge in [0, 0.05) is 24.7 Å². The Balaban J connectivity index is 0.00000161. The lowest BCUT2D eigenvalue weighted by Gasteiger charge is -2.19. The fourth-order valence-electron chi connectivity index (χ4n) is 3.46. The van der Waals surface area contributed by atoms with E-state index in [4.69, 9.17) is 10.5 Å². The van der Waals surface area contributed by atoms with Crippen molar-refractivity contribution in [3.8, 4) is 5.75 Å². The van der Waals surface area contributed by atoms with Crippen molar-refractivity contribution in [2.24, 2.45) is 17.6 Å². The molecule has 1 aliphatic carbocycles. The zero-order valence-electron chi connectivity index (χ0n) is 11.9. The van der Waals surface area contributed by atoms with Crippen LogP contribution in [0.1, 0.15) is 23.2 Å². The number of halogens is 2. The van der Waals surface area contributed by atoms with Crippen LogP contribution in [0.4, 0.5) is 0 Å². The molecule has 3 rings (SSSR count). The standard InChI is InChI=1S/C15H19IN2O2.ClH/c1-20-14-5-3-9(6-12(14)16)15(19)18-7-10-2-4-13(17)11(10)8-18;/h3,5-6,10-11,13H,2,4,7-8,17H2,1H3;1H. The van der Waals surface area contributed by atoms with Gasteiger partial charge in [-0.3, -0.25) is 4.79 Å². The van der Waals surface area contributed by atoms with E-state index in [0.717, 1.165) is 40.8 Å². The van der Waals surface area contributed by atoms with E-state index in [-0.39, 0.29) is 24.4 Å². The summed E-state index contributed by atoms with van der Waals surface area (Å²) in [7, 11) is 1.64. The molecule has 3 unspecified atom stereocenters. The van der Waals surface area contributed by atoms with E-state index >= 15 is 0 Å². The molecule has 116 valence electrons. The van der Waals surface area contributed by atoms with Crippen molar-refractivity contribution in [2.75, 3.05) is 20.2 Å². The highest BCUT2D eigenvalue weighted by Crippen LogP contribution is 2.37. The molecule has 6 heteroatoms. The third kappa shape index (κ3) is 3.14. The molecule has 1 saturated heterocycles. The second-order valence-electron chi connectivity index (χ2n) is 5.72. The molecule has 1 aliphatic heterocycles. The van der Waals surface area contributed by atoms with Crippen molar-refractivity contribution >= 4 is 40.9 Å². The van der Waals surface area contributed by atoms with Gasteiger partial charge in [0.25, 0.3) is 5.91 Å². The van der Waals surface area contributed by atoms with Gasteiger partial charge in [0.1, 0.15) is 5.75 Å². The summed E-state index contributed by atoms with van der Waals surface area (Å²) >= 11 is 2.20. The third-order valence-electron chi connectivity index (χ3n) is 4.60. The first-order chi connectivity index (χ1) is 9.60.